The third-order valence-electron chi connectivity index (χ3n) is 4.54. The SMILES string of the molecule is CCn1cc(Cl)c(CNC(=O)c2ccc(COc3c(C)cccc3C)cc2)n1. The van der Waals surface area contributed by atoms with Gasteiger partial charge in [-0.1, -0.05) is 41.9 Å². The van der Waals surface area contributed by atoms with Crippen LogP contribution in [0.25, 0.3) is 0 Å². The topological polar surface area (TPSA) is 56.2 Å². The number of aromatic nitrogens is 2. The minimum atomic E-state index is -0.163. The van der Waals surface area contributed by atoms with Gasteiger partial charge in [0.15, 0.2) is 0 Å². The smallest absolute Gasteiger partial charge is 0.251 e. The highest BCUT2D eigenvalue weighted by atomic mass is 35.5. The molecule has 0 unspecified atom stereocenters. The number of benzene rings is 2. The molecule has 0 bridgehead atoms. The summed E-state index contributed by atoms with van der Waals surface area (Å²) < 4.78 is 7.70. The van der Waals surface area contributed by atoms with Crippen LogP contribution in [0.5, 0.6) is 5.75 Å². The molecule has 0 aliphatic carbocycles. The minimum absolute atomic E-state index is 0.163. The van der Waals surface area contributed by atoms with E-state index in [1.54, 1.807) is 23.0 Å². The Morgan fingerprint density at radius 1 is 1.14 bits per heavy atom. The predicted octanol–water partition coefficient (Wildman–Crippen LogP) is 4.68. The van der Waals surface area contributed by atoms with Gasteiger partial charge in [-0.25, -0.2) is 0 Å². The molecule has 3 rings (SSSR count). The van der Waals surface area contributed by atoms with Gasteiger partial charge in [-0.15, -0.1) is 0 Å². The number of ether oxygens (including phenoxy) is 1. The Morgan fingerprint density at radius 3 is 2.43 bits per heavy atom. The van der Waals surface area contributed by atoms with Crippen molar-refractivity contribution in [3.63, 3.8) is 0 Å². The van der Waals surface area contributed by atoms with Crippen LogP contribution >= 0.6 is 11.6 Å². The summed E-state index contributed by atoms with van der Waals surface area (Å²) in [6.07, 6.45) is 1.76. The number of amides is 1. The second kappa shape index (κ2) is 8.93. The van der Waals surface area contributed by atoms with E-state index < -0.39 is 0 Å². The number of carbonyl (C=O) groups is 1. The quantitative estimate of drug-likeness (QED) is 0.629. The van der Waals surface area contributed by atoms with Crippen LogP contribution in [0.2, 0.25) is 5.02 Å². The molecule has 6 heteroatoms. The van der Waals surface area contributed by atoms with E-state index in [4.69, 9.17) is 16.3 Å². The number of nitrogens with one attached hydrogen (secondary N) is 1. The second-order valence-corrected chi connectivity index (χ2v) is 7.08. The highest BCUT2D eigenvalue weighted by Crippen LogP contribution is 2.23. The summed E-state index contributed by atoms with van der Waals surface area (Å²) in [6.45, 7) is 7.54. The summed E-state index contributed by atoms with van der Waals surface area (Å²) in [5.74, 6) is 0.747. The Labute approximate surface area is 170 Å². The number of hydrogen-bond donors (Lipinski definition) is 1. The summed E-state index contributed by atoms with van der Waals surface area (Å²) in [5.41, 5.74) is 4.47. The average Bonchev–Trinajstić information content (AvgIpc) is 3.06. The van der Waals surface area contributed by atoms with Gasteiger partial charge < -0.3 is 10.1 Å². The Morgan fingerprint density at radius 2 is 1.82 bits per heavy atom. The number of nitrogens with zero attached hydrogens (tertiary/aromatic N) is 2. The van der Waals surface area contributed by atoms with Crippen molar-refractivity contribution in [2.45, 2.75) is 40.5 Å². The van der Waals surface area contributed by atoms with Gasteiger partial charge >= 0.3 is 0 Å². The molecule has 1 N–H and O–H groups in total. The van der Waals surface area contributed by atoms with E-state index in [1.807, 2.05) is 51.1 Å². The van der Waals surface area contributed by atoms with Crippen LogP contribution in [0.3, 0.4) is 0 Å². The standard InChI is InChI=1S/C22H24ClN3O2/c1-4-26-13-19(23)20(25-26)12-24-22(27)18-10-8-17(9-11-18)14-28-21-15(2)6-5-7-16(21)3/h5-11,13H,4,12,14H2,1-3H3,(H,24,27). The van der Waals surface area contributed by atoms with Crippen LogP contribution in [0.1, 0.15) is 39.7 Å². The first-order valence-corrected chi connectivity index (χ1v) is 9.63. The lowest BCUT2D eigenvalue weighted by Gasteiger charge is -2.12. The first-order chi connectivity index (χ1) is 13.5. The van der Waals surface area contributed by atoms with Crippen LogP contribution in [-0.4, -0.2) is 15.7 Å². The molecule has 1 heterocycles. The summed E-state index contributed by atoms with van der Waals surface area (Å²) in [7, 11) is 0. The summed E-state index contributed by atoms with van der Waals surface area (Å²) in [4.78, 5) is 12.4. The summed E-state index contributed by atoms with van der Waals surface area (Å²) >= 11 is 6.13. The van der Waals surface area contributed by atoms with Crippen molar-refractivity contribution in [2.75, 3.05) is 0 Å². The van der Waals surface area contributed by atoms with Gasteiger partial charge in [0.05, 0.1) is 11.6 Å². The van der Waals surface area contributed by atoms with Crippen LogP contribution in [0.15, 0.2) is 48.7 Å². The van der Waals surface area contributed by atoms with Crippen LogP contribution in [0.4, 0.5) is 0 Å². The lowest BCUT2D eigenvalue weighted by atomic mass is 10.1. The van der Waals surface area contributed by atoms with Gasteiger partial charge in [-0.2, -0.15) is 5.10 Å². The molecular weight excluding hydrogens is 374 g/mol. The second-order valence-electron chi connectivity index (χ2n) is 6.67. The summed E-state index contributed by atoms with van der Waals surface area (Å²) in [6, 6.07) is 13.5. The molecule has 0 saturated heterocycles. The number of hydrogen-bond acceptors (Lipinski definition) is 3. The number of rotatable bonds is 7. The molecule has 0 saturated carbocycles. The van der Waals surface area contributed by atoms with Crippen LogP contribution < -0.4 is 10.1 Å². The highest BCUT2D eigenvalue weighted by molar-refractivity contribution is 6.31. The Hall–Kier alpha value is -2.79. The molecule has 0 spiro atoms. The molecule has 146 valence electrons. The lowest BCUT2D eigenvalue weighted by molar-refractivity contribution is 0.0950. The zero-order valence-corrected chi connectivity index (χ0v) is 17.1. The fraction of sp³-hybridized carbons (Fsp3) is 0.273. The van der Waals surface area contributed by atoms with Gasteiger partial charge in [0.25, 0.3) is 5.91 Å². The van der Waals surface area contributed by atoms with Gasteiger partial charge in [0, 0.05) is 18.3 Å². The van der Waals surface area contributed by atoms with Crippen molar-refractivity contribution in [2.24, 2.45) is 0 Å². The first-order valence-electron chi connectivity index (χ1n) is 9.26. The molecule has 0 atom stereocenters. The zero-order chi connectivity index (χ0) is 20.1. The van der Waals surface area contributed by atoms with E-state index in [1.165, 1.54) is 0 Å². The number of carbonyl (C=O) groups excluding carboxylic acids is 1. The van der Waals surface area contributed by atoms with Crippen molar-refractivity contribution in [1.82, 2.24) is 15.1 Å². The first kappa shape index (κ1) is 20.0. The Bertz CT molecular complexity index is 944. The van der Waals surface area contributed by atoms with Gasteiger partial charge in [0.2, 0.25) is 0 Å². The van der Waals surface area contributed by atoms with E-state index >= 15 is 0 Å². The molecule has 0 aliphatic heterocycles. The third-order valence-corrected chi connectivity index (χ3v) is 4.85. The average molecular weight is 398 g/mol. The number of para-hydroxylation sites is 1. The largest absolute Gasteiger partial charge is 0.488 e. The van der Waals surface area contributed by atoms with Gasteiger partial charge in [-0.05, 0) is 49.6 Å². The van der Waals surface area contributed by atoms with Crippen molar-refractivity contribution >= 4 is 17.5 Å². The Balaban J connectivity index is 1.57. The van der Waals surface area contributed by atoms with E-state index in [9.17, 15) is 4.79 Å². The molecule has 0 aliphatic rings. The van der Waals surface area contributed by atoms with Crippen molar-refractivity contribution in [3.05, 3.63) is 81.6 Å². The lowest BCUT2D eigenvalue weighted by Crippen LogP contribution is -2.23. The zero-order valence-electron chi connectivity index (χ0n) is 16.3. The molecule has 5 nitrogen and oxygen atoms in total. The van der Waals surface area contributed by atoms with E-state index in [-0.39, 0.29) is 5.91 Å². The van der Waals surface area contributed by atoms with Crippen molar-refractivity contribution in [3.8, 4) is 5.75 Å². The predicted molar refractivity (Wildman–Crippen MR) is 111 cm³/mol. The van der Waals surface area contributed by atoms with E-state index in [0.717, 1.165) is 29.0 Å². The minimum Gasteiger partial charge on any atom is -0.488 e. The van der Waals surface area contributed by atoms with E-state index in [2.05, 4.69) is 10.4 Å². The molecule has 0 fully saturated rings. The maximum atomic E-state index is 12.4. The Kier molecular flexibility index (Phi) is 6.37. The molecule has 0 radical (unpaired) electrons. The molecule has 3 aromatic rings. The van der Waals surface area contributed by atoms with Crippen LogP contribution in [-0.2, 0) is 19.7 Å². The normalized spacial score (nSPS) is 10.7. The van der Waals surface area contributed by atoms with Crippen molar-refractivity contribution in [1.29, 1.82) is 0 Å². The number of aryl methyl sites for hydroxylation is 3. The highest BCUT2D eigenvalue weighted by Gasteiger charge is 2.10. The van der Waals surface area contributed by atoms with Gasteiger partial charge in [-0.3, -0.25) is 9.48 Å². The fourth-order valence-electron chi connectivity index (χ4n) is 2.92. The third kappa shape index (κ3) is 4.73. The fourth-order valence-corrected chi connectivity index (χ4v) is 3.14. The monoisotopic (exact) mass is 397 g/mol. The molecule has 1 aromatic heterocycles. The number of halogens is 1. The summed E-state index contributed by atoms with van der Waals surface area (Å²) in [5, 5.41) is 7.74. The van der Waals surface area contributed by atoms with Gasteiger partial charge in [0.1, 0.15) is 18.1 Å². The van der Waals surface area contributed by atoms with Crippen LogP contribution in [0, 0.1) is 13.8 Å². The van der Waals surface area contributed by atoms with Crippen molar-refractivity contribution < 1.29 is 9.53 Å². The molecular formula is C22H24ClN3O2. The maximum Gasteiger partial charge on any atom is 0.251 e. The molecule has 28 heavy (non-hydrogen) atoms. The molecule has 1 amide bonds. The maximum absolute atomic E-state index is 12.4. The molecule has 2 aromatic carbocycles. The van der Waals surface area contributed by atoms with E-state index in [0.29, 0.717) is 29.4 Å².